The molecule has 3 aromatic heterocycles. The molecule has 2 aliphatic rings. The first-order valence-corrected chi connectivity index (χ1v) is 10.8. The summed E-state index contributed by atoms with van der Waals surface area (Å²) >= 11 is 0. The standard InChI is InChI=1S/C25H20N6O2/c26-22-18(16-2-1-3-20-19(16)13-28-31-20)12-17(14-6-10-33-11-7-14)23-21(22)25(32)30-24(29-23)15-4-8-27-9-5-15/h1-6,8-9,12-13,18,26H,7,10-11H2,(H,28,31)(H,29,30,32). The number of benzene rings is 1. The van der Waals surface area contributed by atoms with Crippen molar-refractivity contribution in [1.29, 1.82) is 5.41 Å². The molecule has 0 radical (unpaired) electrons. The SMILES string of the molecule is N=C1c2c(nc(-c3ccncc3)[nH]c2=O)C(C2=CCOCC2)=CC1c1cccc2[nH]ncc12. The van der Waals surface area contributed by atoms with E-state index in [9.17, 15) is 4.79 Å². The van der Waals surface area contributed by atoms with E-state index in [-0.39, 0.29) is 11.3 Å². The van der Waals surface area contributed by atoms with Gasteiger partial charge in [-0.3, -0.25) is 14.9 Å². The normalized spacial score (nSPS) is 18.1. The van der Waals surface area contributed by atoms with Gasteiger partial charge in [0.2, 0.25) is 0 Å². The molecule has 1 unspecified atom stereocenters. The van der Waals surface area contributed by atoms with E-state index in [0.717, 1.165) is 39.6 Å². The highest BCUT2D eigenvalue weighted by Gasteiger charge is 2.32. The third-order valence-corrected chi connectivity index (χ3v) is 6.20. The highest BCUT2D eigenvalue weighted by atomic mass is 16.5. The number of nitrogens with zero attached hydrogens (tertiary/aromatic N) is 3. The van der Waals surface area contributed by atoms with E-state index < -0.39 is 5.92 Å². The Morgan fingerprint density at radius 1 is 1.15 bits per heavy atom. The highest BCUT2D eigenvalue weighted by molar-refractivity contribution is 6.12. The molecule has 4 heterocycles. The number of aromatic nitrogens is 5. The Bertz CT molecular complexity index is 1510. The second-order valence-corrected chi connectivity index (χ2v) is 8.08. The lowest BCUT2D eigenvalue weighted by atomic mass is 9.78. The lowest BCUT2D eigenvalue weighted by Gasteiger charge is -2.27. The molecule has 0 amide bonds. The van der Waals surface area contributed by atoms with Gasteiger partial charge in [0.1, 0.15) is 5.82 Å². The molecule has 6 rings (SSSR count). The average Bonchev–Trinajstić information content (AvgIpc) is 3.34. The maximum absolute atomic E-state index is 13.3. The van der Waals surface area contributed by atoms with Gasteiger partial charge in [-0.15, -0.1) is 0 Å². The van der Waals surface area contributed by atoms with Crippen molar-refractivity contribution in [1.82, 2.24) is 25.1 Å². The Labute approximate surface area is 188 Å². The van der Waals surface area contributed by atoms with Gasteiger partial charge in [-0.2, -0.15) is 5.10 Å². The maximum atomic E-state index is 13.3. The van der Waals surface area contributed by atoms with Crippen LogP contribution in [0.4, 0.5) is 0 Å². The Morgan fingerprint density at radius 3 is 2.85 bits per heavy atom. The van der Waals surface area contributed by atoms with E-state index in [1.165, 1.54) is 0 Å². The zero-order valence-electron chi connectivity index (χ0n) is 17.6. The summed E-state index contributed by atoms with van der Waals surface area (Å²) in [6, 6.07) is 9.49. The number of allylic oxidation sites excluding steroid dienone is 2. The predicted octanol–water partition coefficient (Wildman–Crippen LogP) is 3.60. The van der Waals surface area contributed by atoms with Crippen LogP contribution >= 0.6 is 0 Å². The molecule has 0 spiro atoms. The molecule has 0 fully saturated rings. The van der Waals surface area contributed by atoms with Crippen LogP contribution in [0.3, 0.4) is 0 Å². The van der Waals surface area contributed by atoms with Crippen molar-refractivity contribution >= 4 is 22.2 Å². The molecule has 0 saturated carbocycles. The van der Waals surface area contributed by atoms with E-state index in [1.807, 2.05) is 24.3 Å². The number of hydrogen-bond donors (Lipinski definition) is 3. The molecule has 162 valence electrons. The summed E-state index contributed by atoms with van der Waals surface area (Å²) in [7, 11) is 0. The van der Waals surface area contributed by atoms with Crippen molar-refractivity contribution in [2.45, 2.75) is 12.3 Å². The topological polar surface area (TPSA) is 120 Å². The number of aromatic amines is 2. The second kappa shape index (κ2) is 7.75. The summed E-state index contributed by atoms with van der Waals surface area (Å²) in [6.07, 6.45) is 9.92. The molecule has 4 aromatic rings. The van der Waals surface area contributed by atoms with Crippen LogP contribution < -0.4 is 5.56 Å². The fraction of sp³-hybridized carbons (Fsp3) is 0.160. The van der Waals surface area contributed by atoms with Crippen LogP contribution in [0.15, 0.2) is 71.4 Å². The summed E-state index contributed by atoms with van der Waals surface area (Å²) in [5.74, 6) is 0.0649. The van der Waals surface area contributed by atoms with Crippen LogP contribution in [0.1, 0.15) is 29.2 Å². The van der Waals surface area contributed by atoms with Crippen molar-refractivity contribution < 1.29 is 4.74 Å². The molecule has 1 atom stereocenters. The van der Waals surface area contributed by atoms with Crippen molar-refractivity contribution in [3.63, 3.8) is 0 Å². The minimum Gasteiger partial charge on any atom is -0.377 e. The largest absolute Gasteiger partial charge is 0.377 e. The average molecular weight is 436 g/mol. The number of pyridine rings is 1. The number of fused-ring (bicyclic) bond motifs is 2. The van der Waals surface area contributed by atoms with Crippen LogP contribution in [0.5, 0.6) is 0 Å². The molecule has 8 nitrogen and oxygen atoms in total. The van der Waals surface area contributed by atoms with Crippen molar-refractivity contribution in [3.8, 4) is 11.4 Å². The number of rotatable bonds is 3. The summed E-state index contributed by atoms with van der Waals surface area (Å²) in [5.41, 5.74) is 5.31. The fourth-order valence-electron chi connectivity index (χ4n) is 4.59. The van der Waals surface area contributed by atoms with E-state index in [0.29, 0.717) is 30.3 Å². The molecule has 33 heavy (non-hydrogen) atoms. The van der Waals surface area contributed by atoms with Crippen molar-refractivity contribution in [3.05, 3.63) is 93.8 Å². The first-order valence-electron chi connectivity index (χ1n) is 10.8. The van der Waals surface area contributed by atoms with Gasteiger partial charge in [-0.1, -0.05) is 24.3 Å². The van der Waals surface area contributed by atoms with E-state index in [4.69, 9.17) is 15.1 Å². The Hall–Kier alpha value is -4.17. The molecular weight excluding hydrogens is 416 g/mol. The number of nitrogens with one attached hydrogen (secondary N) is 3. The molecule has 3 N–H and O–H groups in total. The quantitative estimate of drug-likeness (QED) is 0.453. The smallest absolute Gasteiger partial charge is 0.260 e. The van der Waals surface area contributed by atoms with Gasteiger partial charge in [0.25, 0.3) is 5.56 Å². The number of H-pyrrole nitrogens is 2. The van der Waals surface area contributed by atoms with Gasteiger partial charge in [0.05, 0.1) is 41.9 Å². The zero-order valence-corrected chi connectivity index (χ0v) is 17.6. The molecule has 8 heteroatoms. The van der Waals surface area contributed by atoms with E-state index in [2.05, 4.69) is 26.2 Å². The van der Waals surface area contributed by atoms with Crippen molar-refractivity contribution in [2.75, 3.05) is 13.2 Å². The minimum atomic E-state index is -0.396. The molecule has 1 aliphatic heterocycles. The van der Waals surface area contributed by atoms with Gasteiger partial charge >= 0.3 is 0 Å². The summed E-state index contributed by atoms with van der Waals surface area (Å²) in [4.78, 5) is 25.1. The van der Waals surface area contributed by atoms with Crippen LogP contribution in [0, 0.1) is 5.41 Å². The number of hydrogen-bond acceptors (Lipinski definition) is 6. The van der Waals surface area contributed by atoms with Crippen LogP contribution in [-0.2, 0) is 4.74 Å². The Kier molecular flexibility index (Phi) is 4.58. The second-order valence-electron chi connectivity index (χ2n) is 8.08. The Morgan fingerprint density at radius 2 is 2.03 bits per heavy atom. The first kappa shape index (κ1) is 19.5. The Balaban J connectivity index is 1.59. The third-order valence-electron chi connectivity index (χ3n) is 6.20. The summed E-state index contributed by atoms with van der Waals surface area (Å²) < 4.78 is 5.52. The van der Waals surface area contributed by atoms with Crippen LogP contribution in [0.25, 0.3) is 27.9 Å². The van der Waals surface area contributed by atoms with Crippen LogP contribution in [-0.4, -0.2) is 44.1 Å². The highest BCUT2D eigenvalue weighted by Crippen LogP contribution is 2.39. The third kappa shape index (κ3) is 3.23. The predicted molar refractivity (Wildman–Crippen MR) is 125 cm³/mol. The monoisotopic (exact) mass is 436 g/mol. The lowest BCUT2D eigenvalue weighted by Crippen LogP contribution is -2.29. The molecule has 1 aromatic carbocycles. The maximum Gasteiger partial charge on any atom is 0.260 e. The first-order chi connectivity index (χ1) is 16.2. The minimum absolute atomic E-state index is 0.227. The van der Waals surface area contributed by atoms with E-state index in [1.54, 1.807) is 30.7 Å². The van der Waals surface area contributed by atoms with Crippen LogP contribution in [0.2, 0.25) is 0 Å². The van der Waals surface area contributed by atoms with Gasteiger partial charge in [-0.05, 0) is 35.8 Å². The van der Waals surface area contributed by atoms with Crippen molar-refractivity contribution in [2.24, 2.45) is 0 Å². The van der Waals surface area contributed by atoms with Gasteiger partial charge in [0, 0.05) is 34.8 Å². The van der Waals surface area contributed by atoms with E-state index >= 15 is 0 Å². The van der Waals surface area contributed by atoms with Gasteiger partial charge < -0.3 is 15.1 Å². The fourth-order valence-corrected chi connectivity index (χ4v) is 4.59. The molecular formula is C25H20N6O2. The summed E-state index contributed by atoms with van der Waals surface area (Å²) in [6.45, 7) is 1.13. The number of ether oxygens (including phenoxy) is 1. The summed E-state index contributed by atoms with van der Waals surface area (Å²) in [5, 5.41) is 17.1. The lowest BCUT2D eigenvalue weighted by molar-refractivity contribution is 0.156. The molecule has 0 saturated heterocycles. The molecule has 1 aliphatic carbocycles. The molecule has 0 bridgehead atoms. The zero-order chi connectivity index (χ0) is 22.4. The van der Waals surface area contributed by atoms with Gasteiger partial charge in [-0.25, -0.2) is 4.98 Å². The van der Waals surface area contributed by atoms with Gasteiger partial charge in [0.15, 0.2) is 0 Å².